The normalized spacial score (nSPS) is 11.9. The molecule has 0 saturated heterocycles. The lowest BCUT2D eigenvalue weighted by Crippen LogP contribution is -2.13. The Morgan fingerprint density at radius 3 is 2.67 bits per heavy atom. The zero-order valence-electron chi connectivity index (χ0n) is 12.2. The Bertz CT molecular complexity index is 1060. The highest BCUT2D eigenvalue weighted by atomic mass is 35.5. The number of nitrogens with zero attached hydrogens (tertiary/aromatic N) is 3. The number of nitro groups is 1. The number of fused-ring (bicyclic) bond motifs is 1. The molecule has 0 saturated carbocycles. The third-order valence-electron chi connectivity index (χ3n) is 3.36. The van der Waals surface area contributed by atoms with Gasteiger partial charge in [-0.1, -0.05) is 34.5 Å². The molecule has 0 atom stereocenters. The number of amides is 1. The quantitative estimate of drug-likeness (QED) is 0.492. The van der Waals surface area contributed by atoms with E-state index in [1.807, 2.05) is 0 Å². The standard InChI is InChI=1S/C15H9Cl2N3O3S/c1-19-12-7-9(20(22)23)3-5-13(12)24-15(19)18-14(21)10-4-2-8(16)6-11(10)17/h2-7H,1H3. The second-order valence-electron chi connectivity index (χ2n) is 4.89. The maximum absolute atomic E-state index is 12.3. The van der Waals surface area contributed by atoms with Crippen LogP contribution in [-0.2, 0) is 7.05 Å². The van der Waals surface area contributed by atoms with Crippen LogP contribution in [0.3, 0.4) is 0 Å². The van der Waals surface area contributed by atoms with Crippen molar-refractivity contribution in [2.24, 2.45) is 12.0 Å². The number of carbonyl (C=O) groups is 1. The number of carbonyl (C=O) groups excluding carboxylic acids is 1. The average molecular weight is 382 g/mol. The number of rotatable bonds is 2. The summed E-state index contributed by atoms with van der Waals surface area (Å²) in [6, 6.07) is 9.04. The van der Waals surface area contributed by atoms with E-state index in [4.69, 9.17) is 23.2 Å². The van der Waals surface area contributed by atoms with Crippen molar-refractivity contribution >= 4 is 56.3 Å². The number of benzene rings is 2. The van der Waals surface area contributed by atoms with Gasteiger partial charge in [-0.3, -0.25) is 14.9 Å². The third-order valence-corrected chi connectivity index (χ3v) is 5.02. The van der Waals surface area contributed by atoms with Gasteiger partial charge in [0.15, 0.2) is 4.80 Å². The van der Waals surface area contributed by atoms with Gasteiger partial charge in [0.2, 0.25) is 0 Å². The largest absolute Gasteiger partial charge is 0.319 e. The molecule has 0 bridgehead atoms. The Labute approximate surface area is 149 Å². The molecule has 0 radical (unpaired) electrons. The molecule has 2 aromatic carbocycles. The second-order valence-corrected chi connectivity index (χ2v) is 6.75. The molecule has 1 amide bonds. The van der Waals surface area contributed by atoms with E-state index in [2.05, 4.69) is 4.99 Å². The molecular formula is C15H9Cl2N3O3S. The minimum Gasteiger partial charge on any atom is -0.319 e. The van der Waals surface area contributed by atoms with Crippen LogP contribution >= 0.6 is 34.5 Å². The lowest BCUT2D eigenvalue weighted by molar-refractivity contribution is -0.384. The van der Waals surface area contributed by atoms with Crippen LogP contribution < -0.4 is 4.80 Å². The van der Waals surface area contributed by atoms with Crippen LogP contribution in [0.4, 0.5) is 5.69 Å². The van der Waals surface area contributed by atoms with Crippen molar-refractivity contribution in [3.63, 3.8) is 0 Å². The zero-order valence-corrected chi connectivity index (χ0v) is 14.5. The number of aromatic nitrogens is 1. The number of hydrogen-bond donors (Lipinski definition) is 0. The van der Waals surface area contributed by atoms with E-state index < -0.39 is 10.8 Å². The topological polar surface area (TPSA) is 77.5 Å². The van der Waals surface area contributed by atoms with E-state index in [0.29, 0.717) is 15.3 Å². The minimum atomic E-state index is -0.506. The van der Waals surface area contributed by atoms with Crippen LogP contribution in [0.2, 0.25) is 10.0 Å². The predicted molar refractivity (Wildman–Crippen MR) is 93.8 cm³/mol. The molecule has 0 aliphatic carbocycles. The average Bonchev–Trinajstić information content (AvgIpc) is 2.83. The molecule has 0 fully saturated rings. The number of nitro benzene ring substituents is 1. The number of thiazole rings is 1. The van der Waals surface area contributed by atoms with Crippen LogP contribution in [0.1, 0.15) is 10.4 Å². The molecule has 0 spiro atoms. The summed E-state index contributed by atoms with van der Waals surface area (Å²) in [5.41, 5.74) is 0.849. The Balaban J connectivity index is 2.11. The van der Waals surface area contributed by atoms with Crippen molar-refractivity contribution in [3.8, 4) is 0 Å². The second kappa shape index (κ2) is 6.35. The summed E-state index contributed by atoms with van der Waals surface area (Å²) in [6.07, 6.45) is 0. The molecule has 6 nitrogen and oxygen atoms in total. The van der Waals surface area contributed by atoms with Crippen molar-refractivity contribution in [3.05, 3.63) is 66.9 Å². The van der Waals surface area contributed by atoms with Crippen molar-refractivity contribution < 1.29 is 9.72 Å². The Kier molecular flexibility index (Phi) is 4.40. The summed E-state index contributed by atoms with van der Waals surface area (Å²) in [6.45, 7) is 0. The number of non-ortho nitro benzene ring substituents is 1. The van der Waals surface area contributed by atoms with E-state index in [-0.39, 0.29) is 16.3 Å². The van der Waals surface area contributed by atoms with Gasteiger partial charge in [0, 0.05) is 24.2 Å². The summed E-state index contributed by atoms with van der Waals surface area (Å²) in [7, 11) is 1.69. The molecule has 9 heteroatoms. The van der Waals surface area contributed by atoms with Gasteiger partial charge >= 0.3 is 0 Å². The molecule has 24 heavy (non-hydrogen) atoms. The van der Waals surface area contributed by atoms with Gasteiger partial charge < -0.3 is 4.57 Å². The van der Waals surface area contributed by atoms with Crippen LogP contribution in [0.5, 0.6) is 0 Å². The highest BCUT2D eigenvalue weighted by molar-refractivity contribution is 7.16. The maximum atomic E-state index is 12.3. The zero-order chi connectivity index (χ0) is 17.4. The summed E-state index contributed by atoms with van der Waals surface area (Å²) >= 11 is 13.1. The smallest absolute Gasteiger partial charge is 0.281 e. The first-order valence-corrected chi connectivity index (χ1v) is 8.22. The first kappa shape index (κ1) is 16.6. The Hall–Kier alpha value is -2.22. The molecule has 1 aromatic heterocycles. The van der Waals surface area contributed by atoms with Gasteiger partial charge in [0.25, 0.3) is 11.6 Å². The summed E-state index contributed by atoms with van der Waals surface area (Å²) in [5, 5.41) is 11.5. The van der Waals surface area contributed by atoms with E-state index in [9.17, 15) is 14.9 Å². The first-order chi connectivity index (χ1) is 11.4. The highest BCUT2D eigenvalue weighted by Crippen LogP contribution is 2.23. The van der Waals surface area contributed by atoms with Gasteiger partial charge in [0.05, 0.1) is 25.7 Å². The monoisotopic (exact) mass is 381 g/mol. The molecule has 1 heterocycles. The van der Waals surface area contributed by atoms with Crippen LogP contribution in [0, 0.1) is 10.1 Å². The van der Waals surface area contributed by atoms with Gasteiger partial charge in [-0.25, -0.2) is 0 Å². The molecule has 3 aromatic rings. The number of hydrogen-bond acceptors (Lipinski definition) is 4. The molecule has 122 valence electrons. The van der Waals surface area contributed by atoms with Gasteiger partial charge in [-0.05, 0) is 24.3 Å². The van der Waals surface area contributed by atoms with Gasteiger partial charge in [-0.15, -0.1) is 0 Å². The van der Waals surface area contributed by atoms with Crippen molar-refractivity contribution in [2.75, 3.05) is 0 Å². The van der Waals surface area contributed by atoms with Crippen molar-refractivity contribution in [1.29, 1.82) is 0 Å². The molecule has 0 aliphatic rings. The van der Waals surface area contributed by atoms with Gasteiger partial charge in [0.1, 0.15) is 0 Å². The maximum Gasteiger partial charge on any atom is 0.281 e. The molecule has 0 aliphatic heterocycles. The lowest BCUT2D eigenvalue weighted by Gasteiger charge is -1.99. The summed E-state index contributed by atoms with van der Waals surface area (Å²) < 4.78 is 2.42. The van der Waals surface area contributed by atoms with Crippen molar-refractivity contribution in [1.82, 2.24) is 4.57 Å². The predicted octanol–water partition coefficient (Wildman–Crippen LogP) is 4.20. The molecular weight excluding hydrogens is 373 g/mol. The van der Waals surface area contributed by atoms with Crippen LogP contribution in [0.25, 0.3) is 10.2 Å². The fourth-order valence-corrected chi connectivity index (χ4v) is 3.63. The first-order valence-electron chi connectivity index (χ1n) is 6.65. The third kappa shape index (κ3) is 3.06. The fourth-order valence-electron chi connectivity index (χ4n) is 2.15. The van der Waals surface area contributed by atoms with Crippen LogP contribution in [0.15, 0.2) is 41.4 Å². The summed E-state index contributed by atoms with van der Waals surface area (Å²) in [4.78, 5) is 27.3. The van der Waals surface area contributed by atoms with E-state index in [0.717, 1.165) is 4.70 Å². The van der Waals surface area contributed by atoms with E-state index in [1.165, 1.54) is 35.6 Å². The van der Waals surface area contributed by atoms with E-state index >= 15 is 0 Å². The highest BCUT2D eigenvalue weighted by Gasteiger charge is 2.13. The van der Waals surface area contributed by atoms with E-state index in [1.54, 1.807) is 23.7 Å². The number of halogens is 2. The van der Waals surface area contributed by atoms with Crippen LogP contribution in [-0.4, -0.2) is 15.4 Å². The Morgan fingerprint density at radius 2 is 2.00 bits per heavy atom. The fraction of sp³-hybridized carbons (Fsp3) is 0.0667. The molecule has 0 N–H and O–H groups in total. The van der Waals surface area contributed by atoms with Gasteiger partial charge in [-0.2, -0.15) is 4.99 Å². The molecule has 3 rings (SSSR count). The Morgan fingerprint density at radius 1 is 1.25 bits per heavy atom. The number of aryl methyl sites for hydroxylation is 1. The lowest BCUT2D eigenvalue weighted by atomic mass is 10.2. The summed E-state index contributed by atoms with van der Waals surface area (Å²) in [5.74, 6) is -0.506. The van der Waals surface area contributed by atoms with Crippen molar-refractivity contribution in [2.45, 2.75) is 0 Å². The minimum absolute atomic E-state index is 0.0190. The molecule has 0 unspecified atom stereocenters. The SMILES string of the molecule is Cn1c(=NC(=O)c2ccc(Cl)cc2Cl)sc2ccc([N+](=O)[O-])cc21.